The van der Waals surface area contributed by atoms with Gasteiger partial charge in [-0.2, -0.15) is 10.2 Å². The molecule has 2 aromatic heterocycles. The van der Waals surface area contributed by atoms with E-state index in [-0.39, 0.29) is 11.9 Å². The molecule has 18 heavy (non-hydrogen) atoms. The number of aryl methyl sites for hydroxylation is 1. The van der Waals surface area contributed by atoms with Crippen molar-refractivity contribution in [1.82, 2.24) is 25.3 Å². The first-order valence-corrected chi connectivity index (χ1v) is 6.06. The van der Waals surface area contributed by atoms with Gasteiger partial charge in [0.05, 0.1) is 12.2 Å². The topological polar surface area (TPSA) is 75.6 Å². The van der Waals surface area contributed by atoms with E-state index in [4.69, 9.17) is 0 Å². The van der Waals surface area contributed by atoms with Gasteiger partial charge in [-0.15, -0.1) is 0 Å². The molecule has 3 rings (SSSR count). The van der Waals surface area contributed by atoms with Gasteiger partial charge in [0.1, 0.15) is 5.69 Å². The Bertz CT molecular complexity index is 557. The van der Waals surface area contributed by atoms with Crippen LogP contribution in [-0.2, 0) is 13.5 Å². The van der Waals surface area contributed by atoms with Gasteiger partial charge in [0.2, 0.25) is 0 Å². The summed E-state index contributed by atoms with van der Waals surface area (Å²) in [6, 6.07) is 1.72. The van der Waals surface area contributed by atoms with E-state index in [1.807, 2.05) is 17.9 Å². The Morgan fingerprint density at radius 3 is 3.28 bits per heavy atom. The highest BCUT2D eigenvalue weighted by molar-refractivity contribution is 5.92. The van der Waals surface area contributed by atoms with Gasteiger partial charge in [-0.25, -0.2) is 0 Å². The third-order valence-corrected chi connectivity index (χ3v) is 3.43. The maximum Gasteiger partial charge on any atom is 0.269 e. The molecule has 6 nitrogen and oxygen atoms in total. The van der Waals surface area contributed by atoms with E-state index in [1.165, 1.54) is 5.69 Å². The number of hydrogen-bond acceptors (Lipinski definition) is 3. The third kappa shape index (κ3) is 1.79. The van der Waals surface area contributed by atoms with Gasteiger partial charge >= 0.3 is 0 Å². The normalized spacial score (nSPS) is 18.4. The standard InChI is InChI=1S/C12H15N5O/c1-17-11-4-2-3-9(8(11)7-14-17)15-12(18)10-5-6-13-16-10/h5-7,9H,2-4H2,1H3,(H,13,16)(H,15,18). The first kappa shape index (κ1) is 11.0. The second kappa shape index (κ2) is 4.29. The molecule has 0 saturated carbocycles. The van der Waals surface area contributed by atoms with Crippen molar-refractivity contribution in [3.8, 4) is 0 Å². The van der Waals surface area contributed by atoms with Crippen LogP contribution in [0.15, 0.2) is 18.5 Å². The Morgan fingerprint density at radius 1 is 1.61 bits per heavy atom. The second-order valence-electron chi connectivity index (χ2n) is 4.56. The van der Waals surface area contributed by atoms with Crippen LogP contribution in [0.3, 0.4) is 0 Å². The van der Waals surface area contributed by atoms with Crippen molar-refractivity contribution in [2.45, 2.75) is 25.3 Å². The van der Waals surface area contributed by atoms with Gasteiger partial charge in [0, 0.05) is 24.5 Å². The number of rotatable bonds is 2. The number of aromatic nitrogens is 4. The zero-order valence-electron chi connectivity index (χ0n) is 10.2. The van der Waals surface area contributed by atoms with Crippen molar-refractivity contribution >= 4 is 5.91 Å². The summed E-state index contributed by atoms with van der Waals surface area (Å²) in [6.45, 7) is 0. The highest BCUT2D eigenvalue weighted by Crippen LogP contribution is 2.29. The van der Waals surface area contributed by atoms with Gasteiger partial charge in [-0.1, -0.05) is 0 Å². The van der Waals surface area contributed by atoms with Crippen molar-refractivity contribution in [1.29, 1.82) is 0 Å². The molecule has 6 heteroatoms. The summed E-state index contributed by atoms with van der Waals surface area (Å²) in [6.07, 6.45) is 6.49. The molecular formula is C12H15N5O. The molecule has 1 aliphatic carbocycles. The second-order valence-corrected chi connectivity index (χ2v) is 4.56. The number of nitrogens with zero attached hydrogens (tertiary/aromatic N) is 3. The van der Waals surface area contributed by atoms with Crippen LogP contribution in [0.5, 0.6) is 0 Å². The molecule has 0 radical (unpaired) electrons. The molecule has 0 aliphatic heterocycles. The van der Waals surface area contributed by atoms with Crippen molar-refractivity contribution in [3.63, 3.8) is 0 Å². The van der Waals surface area contributed by atoms with E-state index >= 15 is 0 Å². The van der Waals surface area contributed by atoms with E-state index < -0.39 is 0 Å². The minimum atomic E-state index is -0.116. The minimum absolute atomic E-state index is 0.0539. The fraction of sp³-hybridized carbons (Fsp3) is 0.417. The van der Waals surface area contributed by atoms with E-state index in [0.29, 0.717) is 5.69 Å². The fourth-order valence-corrected chi connectivity index (χ4v) is 2.47. The van der Waals surface area contributed by atoms with Crippen LogP contribution in [0.4, 0.5) is 0 Å². The highest BCUT2D eigenvalue weighted by Gasteiger charge is 2.25. The van der Waals surface area contributed by atoms with E-state index in [2.05, 4.69) is 20.6 Å². The number of amides is 1. The lowest BCUT2D eigenvalue weighted by Crippen LogP contribution is -2.31. The maximum absolute atomic E-state index is 12.0. The van der Waals surface area contributed by atoms with Crippen LogP contribution >= 0.6 is 0 Å². The first-order valence-electron chi connectivity index (χ1n) is 6.06. The molecule has 94 valence electrons. The van der Waals surface area contributed by atoms with Crippen LogP contribution in [0.2, 0.25) is 0 Å². The molecule has 0 aromatic carbocycles. The molecule has 2 heterocycles. The van der Waals surface area contributed by atoms with Gasteiger partial charge in [0.25, 0.3) is 5.91 Å². The lowest BCUT2D eigenvalue weighted by Gasteiger charge is -2.23. The molecular weight excluding hydrogens is 230 g/mol. The van der Waals surface area contributed by atoms with Gasteiger partial charge in [0.15, 0.2) is 0 Å². The van der Waals surface area contributed by atoms with Crippen molar-refractivity contribution < 1.29 is 4.79 Å². The van der Waals surface area contributed by atoms with Crippen LogP contribution < -0.4 is 5.32 Å². The van der Waals surface area contributed by atoms with Crippen LogP contribution in [-0.4, -0.2) is 25.9 Å². The number of carbonyl (C=O) groups excluding carboxylic acids is 1. The van der Waals surface area contributed by atoms with Crippen molar-refractivity contribution in [3.05, 3.63) is 35.4 Å². The number of hydrogen-bond donors (Lipinski definition) is 2. The summed E-state index contributed by atoms with van der Waals surface area (Å²) in [7, 11) is 1.94. The fourth-order valence-electron chi connectivity index (χ4n) is 2.47. The Morgan fingerprint density at radius 2 is 2.50 bits per heavy atom. The number of carbonyl (C=O) groups is 1. The molecule has 1 atom stereocenters. The number of aromatic amines is 1. The molecule has 0 spiro atoms. The number of fused-ring (bicyclic) bond motifs is 1. The zero-order chi connectivity index (χ0) is 12.5. The van der Waals surface area contributed by atoms with E-state index in [1.54, 1.807) is 12.3 Å². The number of nitrogens with one attached hydrogen (secondary N) is 2. The summed E-state index contributed by atoms with van der Waals surface area (Å²) in [5, 5.41) is 13.7. The summed E-state index contributed by atoms with van der Waals surface area (Å²) in [5.74, 6) is -0.116. The largest absolute Gasteiger partial charge is 0.344 e. The first-order chi connectivity index (χ1) is 8.75. The molecule has 0 fully saturated rings. The van der Waals surface area contributed by atoms with Crippen LogP contribution in [0.1, 0.15) is 40.6 Å². The third-order valence-electron chi connectivity index (χ3n) is 3.43. The van der Waals surface area contributed by atoms with E-state index in [9.17, 15) is 4.79 Å². The van der Waals surface area contributed by atoms with Gasteiger partial charge in [-0.05, 0) is 25.3 Å². The predicted octanol–water partition coefficient (Wildman–Crippen LogP) is 0.951. The average Bonchev–Trinajstić information content (AvgIpc) is 3.00. The van der Waals surface area contributed by atoms with E-state index in [0.717, 1.165) is 24.8 Å². The summed E-state index contributed by atoms with van der Waals surface area (Å²) < 4.78 is 1.89. The molecule has 0 saturated heterocycles. The SMILES string of the molecule is Cn1ncc2c1CCCC2NC(=O)c1ccn[nH]1. The lowest BCUT2D eigenvalue weighted by molar-refractivity contribution is 0.0927. The predicted molar refractivity (Wildman–Crippen MR) is 64.9 cm³/mol. The quantitative estimate of drug-likeness (QED) is 0.827. The Balaban J connectivity index is 1.80. The molecule has 2 aromatic rings. The summed E-state index contributed by atoms with van der Waals surface area (Å²) in [5.41, 5.74) is 2.85. The lowest BCUT2D eigenvalue weighted by atomic mass is 9.93. The van der Waals surface area contributed by atoms with Crippen LogP contribution in [0.25, 0.3) is 0 Å². The zero-order valence-corrected chi connectivity index (χ0v) is 10.2. The Hall–Kier alpha value is -2.11. The monoisotopic (exact) mass is 245 g/mol. The smallest absolute Gasteiger partial charge is 0.269 e. The maximum atomic E-state index is 12.0. The minimum Gasteiger partial charge on any atom is -0.344 e. The number of H-pyrrole nitrogens is 1. The van der Waals surface area contributed by atoms with Gasteiger partial charge in [-0.3, -0.25) is 14.6 Å². The van der Waals surface area contributed by atoms with Crippen molar-refractivity contribution in [2.75, 3.05) is 0 Å². The molecule has 0 bridgehead atoms. The average molecular weight is 245 g/mol. The van der Waals surface area contributed by atoms with Crippen LogP contribution in [0, 0.1) is 0 Å². The molecule has 1 aliphatic rings. The molecule has 2 N–H and O–H groups in total. The van der Waals surface area contributed by atoms with Gasteiger partial charge < -0.3 is 5.32 Å². The highest BCUT2D eigenvalue weighted by atomic mass is 16.2. The summed E-state index contributed by atoms with van der Waals surface area (Å²) >= 11 is 0. The molecule has 1 amide bonds. The summed E-state index contributed by atoms with van der Waals surface area (Å²) in [4.78, 5) is 12.0. The Labute approximate surface area is 104 Å². The molecule has 1 unspecified atom stereocenters. The Kier molecular flexibility index (Phi) is 2.62. The van der Waals surface area contributed by atoms with Crippen molar-refractivity contribution in [2.24, 2.45) is 7.05 Å².